The summed E-state index contributed by atoms with van der Waals surface area (Å²) < 4.78 is 1.76. The van der Waals surface area contributed by atoms with Gasteiger partial charge in [0.15, 0.2) is 5.65 Å². The third-order valence-corrected chi connectivity index (χ3v) is 5.21. The lowest BCUT2D eigenvalue weighted by Gasteiger charge is -2.04. The van der Waals surface area contributed by atoms with Crippen molar-refractivity contribution in [2.45, 2.75) is 25.9 Å². The molecule has 0 aromatic carbocycles. The zero-order chi connectivity index (χ0) is 16.7. The van der Waals surface area contributed by atoms with Crippen LogP contribution in [0, 0.1) is 0 Å². The summed E-state index contributed by atoms with van der Waals surface area (Å²) in [5.74, 6) is 0. The molecule has 0 aliphatic carbocycles. The summed E-state index contributed by atoms with van der Waals surface area (Å²) in [5, 5.41) is 16.6. The predicted molar refractivity (Wildman–Crippen MR) is 97.0 cm³/mol. The first-order chi connectivity index (χ1) is 11.6. The van der Waals surface area contributed by atoms with Gasteiger partial charge in [0.25, 0.3) is 0 Å². The van der Waals surface area contributed by atoms with Crippen LogP contribution in [-0.4, -0.2) is 24.9 Å². The first-order valence-electron chi connectivity index (χ1n) is 8.02. The number of nitrogens with zero attached hydrogens (tertiary/aromatic N) is 4. The maximum Gasteiger partial charge on any atom is 0.181 e. The van der Waals surface area contributed by atoms with Gasteiger partial charge >= 0.3 is 0 Å². The fraction of sp³-hybridized carbons (Fsp3) is 0.278. The number of aromatic nitrogens is 4. The van der Waals surface area contributed by atoms with Crippen molar-refractivity contribution in [2.75, 3.05) is 0 Å². The first kappa shape index (κ1) is 15.2. The maximum absolute atomic E-state index is 10.2. The van der Waals surface area contributed by atoms with E-state index in [0.29, 0.717) is 0 Å². The molecule has 122 valence electrons. The van der Waals surface area contributed by atoms with E-state index >= 15 is 0 Å². The fourth-order valence-corrected chi connectivity index (χ4v) is 3.90. The van der Waals surface area contributed by atoms with Gasteiger partial charge in [0.1, 0.15) is 4.83 Å². The highest BCUT2D eigenvalue weighted by Gasteiger charge is 2.12. The minimum atomic E-state index is -0.397. The van der Waals surface area contributed by atoms with Crippen LogP contribution in [0.3, 0.4) is 0 Å². The van der Waals surface area contributed by atoms with Gasteiger partial charge in [0, 0.05) is 40.7 Å². The zero-order valence-corrected chi connectivity index (χ0v) is 14.4. The molecule has 0 saturated heterocycles. The SMILES string of the molecule is CCCC(O)c1cc2ccc(-c3cnc4nn(C)cc4c3)nc2s1. The Morgan fingerprint density at radius 2 is 2.12 bits per heavy atom. The minimum absolute atomic E-state index is 0.397. The predicted octanol–water partition coefficient (Wildman–Crippen LogP) is 4.08. The van der Waals surface area contributed by atoms with Gasteiger partial charge in [-0.2, -0.15) is 5.10 Å². The molecule has 0 spiro atoms. The van der Waals surface area contributed by atoms with Gasteiger partial charge in [-0.3, -0.25) is 4.68 Å². The van der Waals surface area contributed by atoms with Crippen molar-refractivity contribution in [1.29, 1.82) is 0 Å². The standard InChI is InChI=1S/C18H18N4OS/c1-3-4-15(23)16-8-11-5-6-14(20-18(11)24-16)12-7-13-10-22(2)21-17(13)19-9-12/h5-10,15,23H,3-4H2,1-2H3. The van der Waals surface area contributed by atoms with Crippen molar-refractivity contribution < 1.29 is 5.11 Å². The molecule has 24 heavy (non-hydrogen) atoms. The summed E-state index contributed by atoms with van der Waals surface area (Å²) >= 11 is 1.56. The molecule has 4 rings (SSSR count). The van der Waals surface area contributed by atoms with Crippen LogP contribution in [0.1, 0.15) is 30.7 Å². The van der Waals surface area contributed by atoms with Crippen molar-refractivity contribution in [2.24, 2.45) is 7.05 Å². The molecule has 4 aromatic heterocycles. The van der Waals surface area contributed by atoms with E-state index in [1.165, 1.54) is 0 Å². The minimum Gasteiger partial charge on any atom is -0.388 e. The third kappa shape index (κ3) is 2.68. The number of aliphatic hydroxyl groups excluding tert-OH is 1. The van der Waals surface area contributed by atoms with Crippen molar-refractivity contribution in [3.8, 4) is 11.3 Å². The molecule has 4 aromatic rings. The second-order valence-electron chi connectivity index (χ2n) is 5.98. The van der Waals surface area contributed by atoms with Gasteiger partial charge in [0.2, 0.25) is 0 Å². The summed E-state index contributed by atoms with van der Waals surface area (Å²) in [6.07, 6.45) is 5.11. The van der Waals surface area contributed by atoms with Crippen molar-refractivity contribution in [3.63, 3.8) is 0 Å². The average Bonchev–Trinajstić information content (AvgIpc) is 3.15. The van der Waals surface area contributed by atoms with Gasteiger partial charge in [-0.25, -0.2) is 9.97 Å². The number of aryl methyl sites for hydroxylation is 1. The molecule has 1 unspecified atom stereocenters. The Morgan fingerprint density at radius 1 is 1.25 bits per heavy atom. The van der Waals surface area contributed by atoms with Crippen LogP contribution in [0.15, 0.2) is 36.7 Å². The van der Waals surface area contributed by atoms with E-state index in [4.69, 9.17) is 4.98 Å². The lowest BCUT2D eigenvalue weighted by atomic mass is 10.1. The fourth-order valence-electron chi connectivity index (χ4n) is 2.85. The molecular weight excluding hydrogens is 320 g/mol. The number of hydrogen-bond acceptors (Lipinski definition) is 5. The molecule has 5 nitrogen and oxygen atoms in total. The van der Waals surface area contributed by atoms with E-state index in [9.17, 15) is 5.11 Å². The monoisotopic (exact) mass is 338 g/mol. The molecule has 0 aliphatic heterocycles. The topological polar surface area (TPSA) is 63.8 Å². The highest BCUT2D eigenvalue weighted by Crippen LogP contribution is 2.32. The van der Waals surface area contributed by atoms with Crippen molar-refractivity contribution in [1.82, 2.24) is 19.7 Å². The van der Waals surface area contributed by atoms with Crippen LogP contribution in [0.25, 0.3) is 32.5 Å². The summed E-state index contributed by atoms with van der Waals surface area (Å²) in [4.78, 5) is 11.1. The molecule has 0 aliphatic rings. The first-order valence-corrected chi connectivity index (χ1v) is 8.84. The molecule has 0 radical (unpaired) electrons. The number of pyridine rings is 2. The Kier molecular flexibility index (Phi) is 3.78. The quantitative estimate of drug-likeness (QED) is 0.609. The van der Waals surface area contributed by atoms with Crippen LogP contribution < -0.4 is 0 Å². The highest BCUT2D eigenvalue weighted by molar-refractivity contribution is 7.18. The number of thiophene rings is 1. The molecule has 1 N–H and O–H groups in total. The van der Waals surface area contributed by atoms with Crippen LogP contribution >= 0.6 is 11.3 Å². The lowest BCUT2D eigenvalue weighted by Crippen LogP contribution is -1.91. The summed E-state index contributed by atoms with van der Waals surface area (Å²) in [6, 6.07) is 8.16. The Balaban J connectivity index is 1.75. The molecule has 0 bridgehead atoms. The van der Waals surface area contributed by atoms with Crippen molar-refractivity contribution in [3.05, 3.63) is 41.5 Å². The van der Waals surface area contributed by atoms with Gasteiger partial charge in [-0.1, -0.05) is 13.3 Å². The van der Waals surface area contributed by atoms with E-state index in [-0.39, 0.29) is 0 Å². The van der Waals surface area contributed by atoms with E-state index in [2.05, 4.69) is 29.1 Å². The summed E-state index contributed by atoms with van der Waals surface area (Å²) in [7, 11) is 1.89. The summed E-state index contributed by atoms with van der Waals surface area (Å²) in [5.41, 5.74) is 2.60. The Morgan fingerprint density at radius 3 is 2.96 bits per heavy atom. The summed E-state index contributed by atoms with van der Waals surface area (Å²) in [6.45, 7) is 2.08. The molecule has 0 saturated carbocycles. The largest absolute Gasteiger partial charge is 0.388 e. The van der Waals surface area contributed by atoms with Gasteiger partial charge in [-0.05, 0) is 30.7 Å². The number of fused-ring (bicyclic) bond motifs is 2. The molecule has 0 amide bonds. The van der Waals surface area contributed by atoms with Crippen LogP contribution in [0.5, 0.6) is 0 Å². The lowest BCUT2D eigenvalue weighted by molar-refractivity contribution is 0.170. The normalized spacial score (nSPS) is 13.0. The second-order valence-corrected chi connectivity index (χ2v) is 7.05. The number of rotatable bonds is 4. The van der Waals surface area contributed by atoms with E-state index in [0.717, 1.165) is 50.2 Å². The van der Waals surface area contributed by atoms with Crippen LogP contribution in [0.2, 0.25) is 0 Å². The van der Waals surface area contributed by atoms with Gasteiger partial charge in [-0.15, -0.1) is 11.3 Å². The number of aliphatic hydroxyl groups is 1. The Labute approximate surface area is 143 Å². The molecule has 4 heterocycles. The maximum atomic E-state index is 10.2. The van der Waals surface area contributed by atoms with E-state index < -0.39 is 6.10 Å². The van der Waals surface area contributed by atoms with Crippen LogP contribution in [0.4, 0.5) is 0 Å². The van der Waals surface area contributed by atoms with E-state index in [1.807, 2.05) is 31.6 Å². The van der Waals surface area contributed by atoms with Crippen molar-refractivity contribution >= 4 is 32.6 Å². The zero-order valence-electron chi connectivity index (χ0n) is 13.6. The smallest absolute Gasteiger partial charge is 0.181 e. The second kappa shape index (κ2) is 5.96. The van der Waals surface area contributed by atoms with Gasteiger partial charge < -0.3 is 5.11 Å². The highest BCUT2D eigenvalue weighted by atomic mass is 32.1. The molecule has 0 fully saturated rings. The van der Waals surface area contributed by atoms with Crippen LogP contribution in [-0.2, 0) is 7.05 Å². The molecule has 6 heteroatoms. The average molecular weight is 338 g/mol. The van der Waals surface area contributed by atoms with Gasteiger partial charge in [0.05, 0.1) is 11.8 Å². The Bertz CT molecular complexity index is 1020. The van der Waals surface area contributed by atoms with E-state index in [1.54, 1.807) is 16.0 Å². The molecule has 1 atom stereocenters. The number of hydrogen-bond donors (Lipinski definition) is 1. The third-order valence-electron chi connectivity index (χ3n) is 4.06. The Hall–Kier alpha value is -2.31. The molecular formula is C18H18N4OS.